The van der Waals surface area contributed by atoms with Crippen molar-refractivity contribution >= 4 is 17.8 Å². The van der Waals surface area contributed by atoms with Gasteiger partial charge >= 0.3 is 5.69 Å². The summed E-state index contributed by atoms with van der Waals surface area (Å²) in [6.45, 7) is 0. The highest BCUT2D eigenvalue weighted by Crippen LogP contribution is 2.27. The van der Waals surface area contributed by atoms with Crippen molar-refractivity contribution in [3.05, 3.63) is 56.7 Å². The van der Waals surface area contributed by atoms with E-state index in [-0.39, 0.29) is 5.82 Å². The quantitative estimate of drug-likeness (QED) is 0.566. The second kappa shape index (κ2) is 8.06. The first-order valence-corrected chi connectivity index (χ1v) is 7.60. The Morgan fingerprint density at radius 1 is 1.04 bits per heavy atom. The molecule has 9 heteroatoms. The van der Waals surface area contributed by atoms with Gasteiger partial charge in [0.1, 0.15) is 5.82 Å². The lowest BCUT2D eigenvalue weighted by molar-refractivity contribution is -0.116. The van der Waals surface area contributed by atoms with Crippen LogP contribution in [0.2, 0.25) is 0 Å². The first-order valence-electron chi connectivity index (χ1n) is 7.60. The Labute approximate surface area is 149 Å². The van der Waals surface area contributed by atoms with Crippen molar-refractivity contribution in [2.24, 2.45) is 14.1 Å². The number of hydrazine groups is 1. The number of hydrogen-bond donors (Lipinski definition) is 2. The Bertz CT molecular complexity index is 959. The van der Waals surface area contributed by atoms with Gasteiger partial charge in [0.05, 0.1) is 14.2 Å². The predicted molar refractivity (Wildman–Crippen MR) is 97.3 cm³/mol. The highest BCUT2D eigenvalue weighted by atomic mass is 16.5. The normalized spacial score (nSPS) is 10.6. The molecule has 138 valence electrons. The maximum absolute atomic E-state index is 11.9. The van der Waals surface area contributed by atoms with E-state index in [9.17, 15) is 14.4 Å². The molecule has 2 rings (SSSR count). The largest absolute Gasteiger partial charge is 0.493 e. The number of rotatable bonds is 6. The second-order valence-corrected chi connectivity index (χ2v) is 5.33. The fourth-order valence-corrected chi connectivity index (χ4v) is 2.15. The average molecular weight is 360 g/mol. The molecule has 0 fully saturated rings. The summed E-state index contributed by atoms with van der Waals surface area (Å²) in [5.74, 6) is 0.838. The summed E-state index contributed by atoms with van der Waals surface area (Å²) in [5.41, 5.74) is 4.70. The lowest BCUT2D eigenvalue weighted by Crippen LogP contribution is -2.39. The van der Waals surface area contributed by atoms with E-state index in [0.29, 0.717) is 11.5 Å². The second-order valence-electron chi connectivity index (χ2n) is 5.33. The van der Waals surface area contributed by atoms with Crippen LogP contribution < -0.4 is 31.6 Å². The molecular formula is C17H20N4O5. The molecule has 1 aromatic carbocycles. The van der Waals surface area contributed by atoms with Gasteiger partial charge in [-0.1, -0.05) is 6.07 Å². The van der Waals surface area contributed by atoms with Crippen LogP contribution in [0.5, 0.6) is 11.5 Å². The summed E-state index contributed by atoms with van der Waals surface area (Å²) in [6.07, 6.45) is 2.88. The van der Waals surface area contributed by atoms with Gasteiger partial charge in [0.25, 0.3) is 11.5 Å². The first-order chi connectivity index (χ1) is 12.4. The summed E-state index contributed by atoms with van der Waals surface area (Å²) in [6, 6.07) is 6.42. The van der Waals surface area contributed by atoms with Gasteiger partial charge in [0.15, 0.2) is 11.5 Å². The average Bonchev–Trinajstić information content (AvgIpc) is 2.66. The van der Waals surface area contributed by atoms with Gasteiger partial charge in [-0.15, -0.1) is 0 Å². The monoisotopic (exact) mass is 360 g/mol. The molecule has 0 aliphatic carbocycles. The van der Waals surface area contributed by atoms with E-state index in [1.165, 1.54) is 45.0 Å². The number of methoxy groups -OCH3 is 2. The van der Waals surface area contributed by atoms with Crippen molar-refractivity contribution in [1.29, 1.82) is 0 Å². The minimum absolute atomic E-state index is 0.172. The Morgan fingerprint density at radius 2 is 1.73 bits per heavy atom. The third kappa shape index (κ3) is 4.12. The van der Waals surface area contributed by atoms with Crippen LogP contribution in [0.4, 0.5) is 5.82 Å². The molecule has 0 aliphatic heterocycles. The molecule has 9 nitrogen and oxygen atoms in total. The molecule has 2 aromatic rings. The summed E-state index contributed by atoms with van der Waals surface area (Å²) in [4.78, 5) is 35.4. The summed E-state index contributed by atoms with van der Waals surface area (Å²) >= 11 is 0. The van der Waals surface area contributed by atoms with Gasteiger partial charge in [0.2, 0.25) is 0 Å². The van der Waals surface area contributed by atoms with Gasteiger partial charge in [0, 0.05) is 26.2 Å². The molecule has 0 spiro atoms. The predicted octanol–water partition coefficient (Wildman–Crippen LogP) is 0.258. The van der Waals surface area contributed by atoms with E-state index in [0.717, 1.165) is 10.1 Å². The summed E-state index contributed by atoms with van der Waals surface area (Å²) in [7, 11) is 5.92. The summed E-state index contributed by atoms with van der Waals surface area (Å²) < 4.78 is 12.5. The van der Waals surface area contributed by atoms with Crippen LogP contribution in [0.25, 0.3) is 6.08 Å². The van der Waals surface area contributed by atoms with E-state index >= 15 is 0 Å². The van der Waals surface area contributed by atoms with Crippen LogP contribution >= 0.6 is 0 Å². The van der Waals surface area contributed by atoms with Crippen molar-refractivity contribution in [3.8, 4) is 11.5 Å². The van der Waals surface area contributed by atoms with E-state index in [4.69, 9.17) is 9.47 Å². The Hall–Kier alpha value is -3.49. The lowest BCUT2D eigenvalue weighted by Gasteiger charge is -2.11. The van der Waals surface area contributed by atoms with Crippen LogP contribution in [-0.4, -0.2) is 29.3 Å². The van der Waals surface area contributed by atoms with E-state index in [1.54, 1.807) is 24.3 Å². The summed E-state index contributed by atoms with van der Waals surface area (Å²) in [5, 5.41) is 0. The molecule has 0 radical (unpaired) electrons. The number of anilines is 1. The maximum atomic E-state index is 11.9. The third-order valence-electron chi connectivity index (χ3n) is 3.67. The highest BCUT2D eigenvalue weighted by Gasteiger charge is 2.06. The number of nitrogens with zero attached hydrogens (tertiary/aromatic N) is 2. The number of benzene rings is 1. The molecule has 1 aromatic heterocycles. The number of ether oxygens (including phenoxy) is 2. The van der Waals surface area contributed by atoms with Crippen molar-refractivity contribution in [1.82, 2.24) is 14.6 Å². The number of carbonyl (C=O) groups is 1. The lowest BCUT2D eigenvalue weighted by atomic mass is 10.2. The molecule has 1 heterocycles. The van der Waals surface area contributed by atoms with Gasteiger partial charge in [-0.3, -0.25) is 29.6 Å². The molecule has 2 N–H and O–H groups in total. The fraction of sp³-hybridized carbons (Fsp3) is 0.235. The molecule has 26 heavy (non-hydrogen) atoms. The standard InChI is InChI=1S/C17H20N4O5/c1-20-14(10-16(23)21(2)17(20)24)18-19-15(22)8-6-11-5-7-12(25-3)13(9-11)26-4/h5-10,18H,1-4H3,(H,19,22). The Balaban J connectivity index is 2.07. The number of amides is 1. The molecule has 0 unspecified atom stereocenters. The Morgan fingerprint density at radius 3 is 2.38 bits per heavy atom. The van der Waals surface area contributed by atoms with E-state index < -0.39 is 17.2 Å². The zero-order chi connectivity index (χ0) is 19.3. The van der Waals surface area contributed by atoms with Crippen molar-refractivity contribution < 1.29 is 14.3 Å². The van der Waals surface area contributed by atoms with Gasteiger partial charge in [-0.05, 0) is 23.8 Å². The van der Waals surface area contributed by atoms with Crippen molar-refractivity contribution in [2.45, 2.75) is 0 Å². The minimum atomic E-state index is -0.505. The molecular weight excluding hydrogens is 340 g/mol. The Kier molecular flexibility index (Phi) is 5.84. The molecule has 1 amide bonds. The number of carbonyl (C=O) groups excluding carboxylic acids is 1. The van der Waals surface area contributed by atoms with Crippen molar-refractivity contribution in [3.63, 3.8) is 0 Å². The zero-order valence-corrected chi connectivity index (χ0v) is 14.9. The zero-order valence-electron chi connectivity index (χ0n) is 14.9. The van der Waals surface area contributed by atoms with Crippen LogP contribution in [0, 0.1) is 0 Å². The molecule has 0 aliphatic rings. The van der Waals surface area contributed by atoms with Crippen LogP contribution in [-0.2, 0) is 18.9 Å². The smallest absolute Gasteiger partial charge is 0.332 e. The van der Waals surface area contributed by atoms with Gasteiger partial charge in [-0.2, -0.15) is 0 Å². The fourth-order valence-electron chi connectivity index (χ4n) is 2.15. The van der Waals surface area contributed by atoms with Crippen LogP contribution in [0.1, 0.15) is 5.56 Å². The van der Waals surface area contributed by atoms with Gasteiger partial charge < -0.3 is 9.47 Å². The van der Waals surface area contributed by atoms with Crippen molar-refractivity contribution in [2.75, 3.05) is 19.6 Å². The van der Waals surface area contributed by atoms with Crippen LogP contribution in [0.15, 0.2) is 39.9 Å². The number of aromatic nitrogens is 2. The topological polar surface area (TPSA) is 104 Å². The van der Waals surface area contributed by atoms with E-state index in [1.807, 2.05) is 0 Å². The highest BCUT2D eigenvalue weighted by molar-refractivity contribution is 5.92. The van der Waals surface area contributed by atoms with Crippen LogP contribution in [0.3, 0.4) is 0 Å². The third-order valence-corrected chi connectivity index (χ3v) is 3.67. The first kappa shape index (κ1) is 18.8. The SMILES string of the molecule is COc1ccc(C=CC(=O)NNc2cc(=O)n(C)c(=O)n2C)cc1OC. The van der Waals surface area contributed by atoms with E-state index in [2.05, 4.69) is 10.9 Å². The van der Waals surface area contributed by atoms with Gasteiger partial charge in [-0.25, -0.2) is 4.79 Å². The number of hydrogen-bond acceptors (Lipinski definition) is 6. The minimum Gasteiger partial charge on any atom is -0.493 e. The molecule has 0 atom stereocenters. The molecule has 0 saturated heterocycles. The molecule has 0 saturated carbocycles. The number of nitrogens with one attached hydrogen (secondary N) is 2. The molecule has 0 bridgehead atoms. The maximum Gasteiger partial charge on any atom is 0.332 e.